The van der Waals surface area contributed by atoms with Crippen LogP contribution in [-0.2, 0) is 0 Å². The average Bonchev–Trinajstić information content (AvgIpc) is 3.09. The minimum atomic E-state index is -1.50. The highest BCUT2D eigenvalue weighted by molar-refractivity contribution is 7.81. The molecule has 0 N–H and O–H groups in total. The van der Waals surface area contributed by atoms with Crippen molar-refractivity contribution in [2.45, 2.75) is 78.2 Å². The summed E-state index contributed by atoms with van der Waals surface area (Å²) in [6.45, 7) is 12.4. The summed E-state index contributed by atoms with van der Waals surface area (Å²) in [6.07, 6.45) is -0.807. The van der Waals surface area contributed by atoms with Crippen LogP contribution < -0.4 is 44.3 Å². The molecule has 0 radical (unpaired) electrons. The summed E-state index contributed by atoms with van der Waals surface area (Å²) in [4.78, 5) is 0. The molecule has 0 amide bonds. The molecule has 6 atom stereocenters. The summed E-state index contributed by atoms with van der Waals surface area (Å²) in [5, 5.41) is 9.70. The van der Waals surface area contributed by atoms with Crippen molar-refractivity contribution in [3.8, 4) is 34.5 Å². The Kier molecular flexibility index (Phi) is 7.10. The molecule has 0 aliphatic carbocycles. The molecular weight excluding hydrogens is 631 g/mol. The number of benzene rings is 6. The predicted molar refractivity (Wildman–Crippen MR) is 198 cm³/mol. The lowest BCUT2D eigenvalue weighted by Crippen LogP contribution is -2.40. The van der Waals surface area contributed by atoms with Crippen LogP contribution in [0.3, 0.4) is 0 Å². The van der Waals surface area contributed by atoms with Crippen molar-refractivity contribution in [1.82, 2.24) is 0 Å². The van der Waals surface area contributed by atoms with Gasteiger partial charge in [0.1, 0.15) is 36.6 Å². The van der Waals surface area contributed by atoms with Gasteiger partial charge >= 0.3 is 0 Å². The Bertz CT molecular complexity index is 2030. The molecule has 0 saturated heterocycles. The predicted octanol–water partition coefficient (Wildman–Crippen LogP) is 8.55. The quantitative estimate of drug-likeness (QED) is 0.176. The number of ether oxygens (including phenoxy) is 6. The van der Waals surface area contributed by atoms with Gasteiger partial charge in [-0.2, -0.15) is 0 Å². The van der Waals surface area contributed by atoms with Crippen LogP contribution in [0.2, 0.25) is 0 Å². The lowest BCUT2D eigenvalue weighted by atomic mass is 10.1. The van der Waals surface area contributed by atoms with Crippen molar-refractivity contribution < 1.29 is 28.4 Å². The topological polar surface area (TPSA) is 55.4 Å². The van der Waals surface area contributed by atoms with Crippen molar-refractivity contribution in [2.75, 3.05) is 0 Å². The van der Waals surface area contributed by atoms with Crippen molar-refractivity contribution in [3.05, 3.63) is 91.0 Å². The maximum Gasteiger partial charge on any atom is 0.170 e. The van der Waals surface area contributed by atoms with Crippen LogP contribution in [0.15, 0.2) is 91.0 Å². The summed E-state index contributed by atoms with van der Waals surface area (Å²) in [5.41, 5.74) is 0. The minimum absolute atomic E-state index is 0.110. The highest BCUT2D eigenvalue weighted by atomic mass is 31.1. The monoisotopic (exact) mass is 670 g/mol. The van der Waals surface area contributed by atoms with Crippen LogP contribution in [0.25, 0.3) is 32.3 Å². The molecule has 248 valence electrons. The summed E-state index contributed by atoms with van der Waals surface area (Å²) in [5.74, 6) is 4.51. The Hall–Kier alpha value is -4.67. The lowest BCUT2D eigenvalue weighted by Gasteiger charge is -2.38. The van der Waals surface area contributed by atoms with Crippen molar-refractivity contribution in [2.24, 2.45) is 0 Å². The molecule has 3 aliphatic heterocycles. The van der Waals surface area contributed by atoms with Crippen LogP contribution in [0.1, 0.15) is 41.5 Å². The van der Waals surface area contributed by atoms with E-state index in [0.717, 1.165) is 82.7 Å². The van der Waals surface area contributed by atoms with Crippen LogP contribution in [0.4, 0.5) is 0 Å². The van der Waals surface area contributed by atoms with E-state index in [-0.39, 0.29) is 36.6 Å². The molecule has 0 aromatic heterocycles. The third-order valence-corrected chi connectivity index (χ3v) is 13.0. The maximum atomic E-state index is 6.94. The average molecular weight is 671 g/mol. The summed E-state index contributed by atoms with van der Waals surface area (Å²) in [6, 6.07) is 32.0. The van der Waals surface area contributed by atoms with Gasteiger partial charge in [-0.25, -0.2) is 0 Å². The first-order valence-corrected chi connectivity index (χ1v) is 18.6. The Morgan fingerprint density at radius 1 is 0.367 bits per heavy atom. The van der Waals surface area contributed by atoms with E-state index < -0.39 is 7.92 Å². The van der Waals surface area contributed by atoms with E-state index in [2.05, 4.69) is 133 Å². The second-order valence-corrected chi connectivity index (χ2v) is 15.6. The van der Waals surface area contributed by atoms with Gasteiger partial charge in [-0.3, -0.25) is 0 Å². The largest absolute Gasteiger partial charge is 0.483 e. The molecule has 9 rings (SSSR count). The van der Waals surface area contributed by atoms with Crippen molar-refractivity contribution >= 4 is 56.2 Å². The van der Waals surface area contributed by atoms with Gasteiger partial charge in [0.05, 0.1) is 0 Å². The first-order valence-electron chi connectivity index (χ1n) is 17.2. The zero-order valence-electron chi connectivity index (χ0n) is 28.5. The van der Waals surface area contributed by atoms with Gasteiger partial charge in [0.15, 0.2) is 34.5 Å². The van der Waals surface area contributed by atoms with E-state index >= 15 is 0 Å². The molecule has 0 bridgehead atoms. The SMILES string of the molecule is CC1Oc2cc3ccccc3c(P(c3c4c(cc5ccccc35)OC(C)C(C)O4)c3c4c(cc5ccccc35)OC(C)C(C)O4)c2OC1C. The Morgan fingerprint density at radius 2 is 0.633 bits per heavy atom. The highest BCUT2D eigenvalue weighted by Gasteiger charge is 2.41. The van der Waals surface area contributed by atoms with Gasteiger partial charge in [-0.15, -0.1) is 0 Å². The first-order chi connectivity index (χ1) is 23.8. The van der Waals surface area contributed by atoms with Gasteiger partial charge in [0.25, 0.3) is 0 Å². The third kappa shape index (κ3) is 4.79. The summed E-state index contributed by atoms with van der Waals surface area (Å²) < 4.78 is 40.8. The fraction of sp³-hybridized carbons (Fsp3) is 0.286. The number of fused-ring (bicyclic) bond motifs is 6. The third-order valence-electron chi connectivity index (χ3n) is 10.3. The van der Waals surface area contributed by atoms with E-state index in [9.17, 15) is 0 Å². The second-order valence-electron chi connectivity index (χ2n) is 13.6. The molecule has 0 spiro atoms. The Balaban J connectivity index is 1.50. The molecule has 0 fully saturated rings. The summed E-state index contributed by atoms with van der Waals surface area (Å²) >= 11 is 0. The first kappa shape index (κ1) is 30.4. The van der Waals surface area contributed by atoms with Crippen molar-refractivity contribution in [1.29, 1.82) is 0 Å². The van der Waals surface area contributed by atoms with Crippen LogP contribution in [-0.4, -0.2) is 36.6 Å². The maximum absolute atomic E-state index is 6.94. The highest BCUT2D eigenvalue weighted by Crippen LogP contribution is 2.55. The molecule has 6 aromatic carbocycles. The number of hydrogen-bond donors (Lipinski definition) is 0. The van der Waals surface area contributed by atoms with E-state index in [4.69, 9.17) is 28.4 Å². The normalized spacial score (nSPS) is 24.6. The van der Waals surface area contributed by atoms with Crippen LogP contribution in [0.5, 0.6) is 34.5 Å². The smallest absolute Gasteiger partial charge is 0.170 e. The standard InChI is InChI=1S/C42H39O6P/c1-22-25(4)46-37-34(43-22)19-28-13-7-10-16-31(28)40(37)49(41-32-17-11-8-14-29(32)20-35-38(41)47-26(5)23(2)44-35)42-33-18-12-9-15-30(33)21-36-39(42)48-27(6)24(3)45-36/h7-27H,1-6H3. The zero-order valence-corrected chi connectivity index (χ0v) is 29.4. The minimum Gasteiger partial charge on any atom is -0.483 e. The summed E-state index contributed by atoms with van der Waals surface area (Å²) in [7, 11) is -1.50. The molecule has 7 heteroatoms. The van der Waals surface area contributed by atoms with E-state index in [1.807, 2.05) is 0 Å². The Labute approximate surface area is 287 Å². The van der Waals surface area contributed by atoms with Gasteiger partial charge in [0, 0.05) is 23.8 Å². The Morgan fingerprint density at radius 3 is 0.939 bits per heavy atom. The van der Waals surface area contributed by atoms with E-state index in [1.165, 1.54) is 0 Å². The number of rotatable bonds is 3. The molecule has 49 heavy (non-hydrogen) atoms. The number of hydrogen-bond acceptors (Lipinski definition) is 6. The van der Waals surface area contributed by atoms with Gasteiger partial charge in [0.2, 0.25) is 0 Å². The molecule has 3 aliphatic rings. The lowest BCUT2D eigenvalue weighted by molar-refractivity contribution is 0.0438. The van der Waals surface area contributed by atoms with Crippen LogP contribution in [0, 0.1) is 0 Å². The molecule has 0 saturated carbocycles. The van der Waals surface area contributed by atoms with E-state index in [0.29, 0.717) is 0 Å². The van der Waals surface area contributed by atoms with Gasteiger partial charge < -0.3 is 28.4 Å². The second kappa shape index (κ2) is 11.5. The fourth-order valence-electron chi connectivity index (χ4n) is 7.19. The van der Waals surface area contributed by atoms with E-state index in [1.54, 1.807) is 0 Å². The molecular formula is C42H39O6P. The molecule has 3 heterocycles. The van der Waals surface area contributed by atoms with Gasteiger partial charge in [-0.05, 0) is 92.1 Å². The molecule has 6 unspecified atom stereocenters. The zero-order chi connectivity index (χ0) is 33.6. The fourth-order valence-corrected chi connectivity index (χ4v) is 10.3. The van der Waals surface area contributed by atoms with Crippen molar-refractivity contribution in [3.63, 3.8) is 0 Å². The van der Waals surface area contributed by atoms with Gasteiger partial charge in [-0.1, -0.05) is 72.8 Å². The van der Waals surface area contributed by atoms with Crippen LogP contribution >= 0.6 is 7.92 Å². The molecule has 6 aromatic rings. The molecule has 6 nitrogen and oxygen atoms in total.